The third-order valence-electron chi connectivity index (χ3n) is 2.68. The minimum atomic E-state index is -4.25. The molecule has 76 valence electrons. The minimum absolute atomic E-state index is 0.102. The van der Waals surface area contributed by atoms with Crippen LogP contribution in [0.5, 0.6) is 0 Å². The topological polar surface area (TPSA) is 60.7 Å². The Morgan fingerprint density at radius 1 is 1.08 bits per heavy atom. The summed E-state index contributed by atoms with van der Waals surface area (Å²) in [5.74, 6) is 0. The second-order valence-electron chi connectivity index (χ2n) is 4.03. The van der Waals surface area contributed by atoms with E-state index in [2.05, 4.69) is 0 Å². The predicted octanol–water partition coefficient (Wildman–Crippen LogP) is 1.90. The first-order valence-electron chi connectivity index (χ1n) is 4.41. The van der Waals surface area contributed by atoms with Crippen LogP contribution in [0, 0.1) is 0 Å². The van der Waals surface area contributed by atoms with Gasteiger partial charge in [0.2, 0.25) is 0 Å². The summed E-state index contributed by atoms with van der Waals surface area (Å²) in [6, 6.07) is 0.766. The fourth-order valence-electron chi connectivity index (χ4n) is 1.27. The molecule has 12 heavy (non-hydrogen) atoms. The Balaban J connectivity index is 4.73. The average molecular weight is 212 g/mol. The van der Waals surface area contributed by atoms with Crippen LogP contribution >= 0.6 is 6.83 Å². The van der Waals surface area contributed by atoms with Crippen LogP contribution in [0.2, 0.25) is 19.1 Å². The Bertz CT molecular complexity index is 162. The number of hydrogen-bond donors (Lipinski definition) is 3. The fourth-order valence-corrected chi connectivity index (χ4v) is 8.42. The van der Waals surface area contributed by atoms with Crippen LogP contribution in [0.1, 0.15) is 20.3 Å². The van der Waals surface area contributed by atoms with Gasteiger partial charge in [0, 0.05) is 0 Å². The monoisotopic (exact) mass is 212 g/mol. The zero-order valence-corrected chi connectivity index (χ0v) is 10.3. The molecule has 0 saturated heterocycles. The maximum absolute atomic E-state index is 9.75. The molecule has 5 heteroatoms. The van der Waals surface area contributed by atoms with Gasteiger partial charge in [-0.05, 0) is 0 Å². The molecule has 0 bridgehead atoms. The molecule has 3 nitrogen and oxygen atoms in total. The van der Waals surface area contributed by atoms with E-state index >= 15 is 0 Å². The molecule has 0 saturated carbocycles. The van der Waals surface area contributed by atoms with E-state index in [1.54, 1.807) is 6.92 Å². The van der Waals surface area contributed by atoms with Crippen LogP contribution in [-0.2, 0) is 0 Å². The van der Waals surface area contributed by atoms with Crippen LogP contribution in [0.15, 0.2) is 0 Å². The molecule has 0 unspecified atom stereocenters. The molecule has 0 amide bonds. The van der Waals surface area contributed by atoms with Crippen molar-refractivity contribution in [2.75, 3.05) is 6.16 Å². The van der Waals surface area contributed by atoms with Crippen molar-refractivity contribution in [1.82, 2.24) is 0 Å². The van der Waals surface area contributed by atoms with Gasteiger partial charge >= 0.3 is 74.8 Å². The average Bonchev–Trinajstić information content (AvgIpc) is 1.86. The molecular formula is C7H21O3PSi. The molecule has 0 heterocycles. The van der Waals surface area contributed by atoms with E-state index in [0.717, 1.165) is 12.5 Å². The van der Waals surface area contributed by atoms with Gasteiger partial charge in [-0.1, -0.05) is 0 Å². The number of rotatable bonds is 4. The predicted molar refractivity (Wildman–Crippen MR) is 56.7 cm³/mol. The van der Waals surface area contributed by atoms with Crippen molar-refractivity contribution in [3.05, 3.63) is 0 Å². The molecule has 0 atom stereocenters. The van der Waals surface area contributed by atoms with Gasteiger partial charge in [0.25, 0.3) is 0 Å². The van der Waals surface area contributed by atoms with E-state index in [1.165, 1.54) is 0 Å². The van der Waals surface area contributed by atoms with Gasteiger partial charge in [0.05, 0.1) is 0 Å². The molecule has 0 aliphatic carbocycles. The first-order chi connectivity index (χ1) is 5.15. The Labute approximate surface area is 75.5 Å². The molecule has 0 aliphatic rings. The van der Waals surface area contributed by atoms with E-state index in [0.29, 0.717) is 0 Å². The van der Waals surface area contributed by atoms with Crippen LogP contribution in [0.3, 0.4) is 0 Å². The first-order valence-corrected chi connectivity index (χ1v) is 10.7. The van der Waals surface area contributed by atoms with Crippen molar-refractivity contribution in [1.29, 1.82) is 0 Å². The van der Waals surface area contributed by atoms with Crippen LogP contribution < -0.4 is 0 Å². The van der Waals surface area contributed by atoms with Crippen molar-refractivity contribution in [2.45, 2.75) is 39.4 Å². The molecule has 3 N–H and O–H groups in total. The van der Waals surface area contributed by atoms with E-state index in [4.69, 9.17) is 0 Å². The summed E-state index contributed by atoms with van der Waals surface area (Å²) in [5, 5.41) is 0. The summed E-state index contributed by atoms with van der Waals surface area (Å²) < 4.78 is 0. The van der Waals surface area contributed by atoms with Crippen LogP contribution in [-0.4, -0.2) is 28.6 Å². The molecule has 0 aliphatic heterocycles. The summed E-state index contributed by atoms with van der Waals surface area (Å²) in [7, 11) is -2.26. The quantitative estimate of drug-likeness (QED) is 0.492. The van der Waals surface area contributed by atoms with E-state index < -0.39 is 14.6 Å². The van der Waals surface area contributed by atoms with E-state index in [1.807, 2.05) is 20.0 Å². The molecule has 0 spiro atoms. The van der Waals surface area contributed by atoms with Gasteiger partial charge in [0.15, 0.2) is 0 Å². The van der Waals surface area contributed by atoms with Crippen LogP contribution in [0.4, 0.5) is 0 Å². The summed E-state index contributed by atoms with van der Waals surface area (Å²) >= 11 is 0. The first kappa shape index (κ1) is 12.5. The van der Waals surface area contributed by atoms with Gasteiger partial charge in [-0.3, -0.25) is 0 Å². The van der Waals surface area contributed by atoms with Gasteiger partial charge < -0.3 is 0 Å². The van der Waals surface area contributed by atoms with Gasteiger partial charge in [-0.15, -0.1) is 0 Å². The van der Waals surface area contributed by atoms with Crippen molar-refractivity contribution < 1.29 is 14.7 Å². The second-order valence-corrected chi connectivity index (χ2v) is 17.5. The van der Waals surface area contributed by atoms with Gasteiger partial charge in [-0.2, -0.15) is 0 Å². The third-order valence-corrected chi connectivity index (χ3v) is 17.1. The Morgan fingerprint density at radius 3 is 1.75 bits per heavy atom. The fraction of sp³-hybridized carbons (Fsp3) is 1.00. The van der Waals surface area contributed by atoms with Crippen LogP contribution in [0.25, 0.3) is 0 Å². The zero-order chi connectivity index (χ0) is 10.1. The molecule has 0 aromatic heterocycles. The van der Waals surface area contributed by atoms with E-state index in [9.17, 15) is 14.7 Å². The van der Waals surface area contributed by atoms with Crippen molar-refractivity contribution >= 4 is 14.6 Å². The second kappa shape index (κ2) is 3.35. The Kier molecular flexibility index (Phi) is 3.50. The van der Waals surface area contributed by atoms with E-state index in [-0.39, 0.29) is 6.16 Å². The molecular weight excluding hydrogens is 191 g/mol. The normalized spacial score (nSPS) is 17.1. The van der Waals surface area contributed by atoms with Crippen molar-refractivity contribution in [3.8, 4) is 0 Å². The summed E-state index contributed by atoms with van der Waals surface area (Å²) in [4.78, 5) is 29.3. The van der Waals surface area contributed by atoms with Crippen molar-refractivity contribution in [2.24, 2.45) is 0 Å². The number of hydrogen-bond acceptors (Lipinski definition) is 3. The SMILES string of the molecule is CCC[Si](C)(C)P(O)(O)(O)CC. The standard InChI is InChI=1S/C7H21O3PSi/c1-5-7-12(3,4)11(8,9,10)6-2/h8-10H,5-7H2,1-4H3. The molecule has 0 aromatic carbocycles. The molecule has 0 aromatic rings. The Morgan fingerprint density at radius 2 is 1.50 bits per heavy atom. The van der Waals surface area contributed by atoms with Gasteiger partial charge in [-0.25, -0.2) is 0 Å². The summed E-state index contributed by atoms with van der Waals surface area (Å²) in [5.41, 5.74) is 0. The Hall–Kier alpha value is 0.527. The summed E-state index contributed by atoms with van der Waals surface area (Å²) in [6.45, 7) is 3.07. The summed E-state index contributed by atoms with van der Waals surface area (Å²) in [6.07, 6.45) is 1.00. The zero-order valence-electron chi connectivity index (χ0n) is 8.41. The van der Waals surface area contributed by atoms with Crippen molar-refractivity contribution in [3.63, 3.8) is 0 Å². The maximum atomic E-state index is 9.75. The molecule has 0 rings (SSSR count). The van der Waals surface area contributed by atoms with Gasteiger partial charge in [0.1, 0.15) is 0 Å². The molecule has 0 radical (unpaired) electrons. The third kappa shape index (κ3) is 2.27. The molecule has 0 fully saturated rings.